The summed E-state index contributed by atoms with van der Waals surface area (Å²) in [7, 11) is -4.67. The van der Waals surface area contributed by atoms with Crippen molar-refractivity contribution >= 4 is 16.2 Å². The summed E-state index contributed by atoms with van der Waals surface area (Å²) in [6.07, 6.45) is -1.08. The highest BCUT2D eigenvalue weighted by Gasteiger charge is 2.18. The van der Waals surface area contributed by atoms with Crippen molar-refractivity contribution in [2.75, 3.05) is 0 Å². The number of hydrogen-bond acceptors (Lipinski definition) is 4. The highest BCUT2D eigenvalue weighted by atomic mass is 32.3. The number of hydrogen-bond donors (Lipinski definition) is 3. The lowest BCUT2D eigenvalue weighted by molar-refractivity contribution is 0.0747. The standard InChI is InChI=1S/C14H12O2.H2O4S/c15-13(11-7-3-1-4-8-11)14(16)12-9-5-2-6-10-12;1-5(2,3)4/h1-10,13,15H;(H2,1,2,3,4). The zero-order valence-electron chi connectivity index (χ0n) is 10.8. The lowest BCUT2D eigenvalue weighted by Gasteiger charge is -2.09. The van der Waals surface area contributed by atoms with Crippen molar-refractivity contribution in [1.82, 2.24) is 0 Å². The van der Waals surface area contributed by atoms with Crippen LogP contribution in [0.5, 0.6) is 0 Å². The zero-order chi connectivity index (χ0) is 15.9. The number of benzene rings is 2. The molecular formula is C14H14O6S. The highest BCUT2D eigenvalue weighted by Crippen LogP contribution is 2.17. The van der Waals surface area contributed by atoms with Crippen LogP contribution in [0.3, 0.4) is 0 Å². The Morgan fingerprint density at radius 2 is 1.24 bits per heavy atom. The molecule has 0 aromatic heterocycles. The molecule has 1 atom stereocenters. The Kier molecular flexibility index (Phi) is 6.19. The van der Waals surface area contributed by atoms with Crippen molar-refractivity contribution < 1.29 is 27.4 Å². The van der Waals surface area contributed by atoms with E-state index in [0.29, 0.717) is 11.1 Å². The molecule has 7 heteroatoms. The van der Waals surface area contributed by atoms with Crippen molar-refractivity contribution in [3.63, 3.8) is 0 Å². The third-order valence-electron chi connectivity index (χ3n) is 2.42. The number of ketones is 1. The van der Waals surface area contributed by atoms with Crippen molar-refractivity contribution in [1.29, 1.82) is 0 Å². The van der Waals surface area contributed by atoms with E-state index in [1.165, 1.54) is 0 Å². The molecule has 0 saturated heterocycles. The SMILES string of the molecule is O=C(c1ccccc1)C(O)c1ccccc1.O=S(=O)(O)O. The van der Waals surface area contributed by atoms with Gasteiger partial charge < -0.3 is 5.11 Å². The van der Waals surface area contributed by atoms with Gasteiger partial charge in [0.15, 0.2) is 5.78 Å². The molecule has 112 valence electrons. The molecule has 0 bridgehead atoms. The van der Waals surface area contributed by atoms with Gasteiger partial charge in [-0.05, 0) is 5.56 Å². The molecule has 0 aliphatic heterocycles. The van der Waals surface area contributed by atoms with Gasteiger partial charge in [0.05, 0.1) is 0 Å². The fourth-order valence-electron chi connectivity index (χ4n) is 1.55. The summed E-state index contributed by atoms with van der Waals surface area (Å²) in [4.78, 5) is 11.9. The van der Waals surface area contributed by atoms with Gasteiger partial charge in [-0.15, -0.1) is 0 Å². The van der Waals surface area contributed by atoms with Crippen molar-refractivity contribution in [3.8, 4) is 0 Å². The minimum absolute atomic E-state index is 0.271. The van der Waals surface area contributed by atoms with E-state index in [1.54, 1.807) is 48.5 Å². The molecular weight excluding hydrogens is 296 g/mol. The molecule has 6 nitrogen and oxygen atoms in total. The monoisotopic (exact) mass is 310 g/mol. The second-order valence-electron chi connectivity index (χ2n) is 3.99. The van der Waals surface area contributed by atoms with Crippen LogP contribution < -0.4 is 0 Å². The van der Waals surface area contributed by atoms with E-state index in [-0.39, 0.29) is 5.78 Å². The van der Waals surface area contributed by atoms with Gasteiger partial charge in [0, 0.05) is 5.56 Å². The lowest BCUT2D eigenvalue weighted by Crippen LogP contribution is -2.11. The summed E-state index contributed by atoms with van der Waals surface area (Å²) in [5, 5.41) is 9.89. The molecule has 3 N–H and O–H groups in total. The van der Waals surface area contributed by atoms with Crippen LogP contribution >= 0.6 is 0 Å². The Morgan fingerprint density at radius 1 is 0.857 bits per heavy atom. The largest absolute Gasteiger partial charge is 0.394 e. The van der Waals surface area contributed by atoms with Crippen molar-refractivity contribution in [3.05, 3.63) is 71.8 Å². The van der Waals surface area contributed by atoms with E-state index >= 15 is 0 Å². The van der Waals surface area contributed by atoms with Crippen LogP contribution in [-0.2, 0) is 10.4 Å². The maximum Gasteiger partial charge on any atom is 0.394 e. The maximum absolute atomic E-state index is 11.9. The van der Waals surface area contributed by atoms with Crippen LogP contribution in [0, 0.1) is 0 Å². The molecule has 2 aromatic carbocycles. The van der Waals surface area contributed by atoms with Crippen LogP contribution in [0.4, 0.5) is 0 Å². The van der Waals surface area contributed by atoms with Crippen LogP contribution in [0.2, 0.25) is 0 Å². The summed E-state index contributed by atoms with van der Waals surface area (Å²) in [6.45, 7) is 0. The smallest absolute Gasteiger partial charge is 0.380 e. The number of carbonyl (C=O) groups excluding carboxylic acids is 1. The minimum Gasteiger partial charge on any atom is -0.380 e. The number of aliphatic hydroxyl groups excluding tert-OH is 1. The minimum atomic E-state index is -4.67. The Bertz CT molecular complexity index is 659. The first-order valence-corrected chi connectivity index (χ1v) is 7.21. The van der Waals surface area contributed by atoms with Crippen LogP contribution in [0.1, 0.15) is 22.0 Å². The lowest BCUT2D eigenvalue weighted by atomic mass is 10.0. The molecule has 2 aromatic rings. The molecule has 0 heterocycles. The van der Waals surface area contributed by atoms with E-state index in [0.717, 1.165) is 0 Å². The van der Waals surface area contributed by atoms with E-state index in [9.17, 15) is 9.90 Å². The molecule has 0 radical (unpaired) electrons. The van der Waals surface area contributed by atoms with Gasteiger partial charge in [-0.1, -0.05) is 60.7 Å². The second-order valence-corrected chi connectivity index (χ2v) is 4.89. The van der Waals surface area contributed by atoms with Crippen LogP contribution in [0.15, 0.2) is 60.7 Å². The molecule has 21 heavy (non-hydrogen) atoms. The molecule has 0 fully saturated rings. The summed E-state index contributed by atoms with van der Waals surface area (Å²) < 4.78 is 31.6. The van der Waals surface area contributed by atoms with Gasteiger partial charge in [0.2, 0.25) is 0 Å². The van der Waals surface area contributed by atoms with E-state index in [2.05, 4.69) is 0 Å². The predicted molar refractivity (Wildman–Crippen MR) is 76.4 cm³/mol. The van der Waals surface area contributed by atoms with Gasteiger partial charge >= 0.3 is 10.4 Å². The van der Waals surface area contributed by atoms with Gasteiger partial charge in [0.1, 0.15) is 6.10 Å². The number of carbonyl (C=O) groups is 1. The molecule has 2 rings (SSSR count). The van der Waals surface area contributed by atoms with Crippen molar-refractivity contribution in [2.45, 2.75) is 6.10 Å². The molecule has 0 spiro atoms. The first kappa shape index (κ1) is 17.0. The Labute approximate surface area is 122 Å². The second kappa shape index (κ2) is 7.65. The first-order valence-electron chi connectivity index (χ1n) is 5.81. The highest BCUT2D eigenvalue weighted by molar-refractivity contribution is 7.79. The molecule has 1 unspecified atom stereocenters. The van der Waals surface area contributed by atoms with E-state index < -0.39 is 16.5 Å². The topological polar surface area (TPSA) is 112 Å². The summed E-state index contributed by atoms with van der Waals surface area (Å²) >= 11 is 0. The van der Waals surface area contributed by atoms with Gasteiger partial charge in [-0.2, -0.15) is 8.42 Å². The molecule has 0 amide bonds. The third kappa shape index (κ3) is 6.77. The van der Waals surface area contributed by atoms with Crippen molar-refractivity contribution in [2.24, 2.45) is 0 Å². The fraction of sp³-hybridized carbons (Fsp3) is 0.0714. The van der Waals surface area contributed by atoms with Gasteiger partial charge in [0.25, 0.3) is 0 Å². The van der Waals surface area contributed by atoms with E-state index in [4.69, 9.17) is 17.5 Å². The van der Waals surface area contributed by atoms with Gasteiger partial charge in [-0.3, -0.25) is 13.9 Å². The Morgan fingerprint density at radius 3 is 1.67 bits per heavy atom. The number of rotatable bonds is 3. The average Bonchev–Trinajstić information content (AvgIpc) is 2.46. The zero-order valence-corrected chi connectivity index (χ0v) is 11.6. The summed E-state index contributed by atoms with van der Waals surface area (Å²) in [6, 6.07) is 17.7. The fourth-order valence-corrected chi connectivity index (χ4v) is 1.55. The normalized spacial score (nSPS) is 12.0. The molecule has 0 saturated carbocycles. The quantitative estimate of drug-likeness (QED) is 0.590. The first-order chi connectivity index (χ1) is 9.79. The Hall–Kier alpha value is -2.06. The third-order valence-corrected chi connectivity index (χ3v) is 2.42. The number of Topliss-reactive ketones (excluding diaryl/α,β-unsaturated/α-hetero) is 1. The van der Waals surface area contributed by atoms with Crippen LogP contribution in [0.25, 0.3) is 0 Å². The van der Waals surface area contributed by atoms with Crippen LogP contribution in [-0.4, -0.2) is 28.4 Å². The molecule has 0 aliphatic carbocycles. The molecule has 0 aliphatic rings. The maximum atomic E-state index is 11.9. The van der Waals surface area contributed by atoms with Gasteiger partial charge in [-0.25, -0.2) is 0 Å². The van der Waals surface area contributed by atoms with E-state index in [1.807, 2.05) is 12.1 Å². The Balaban J connectivity index is 0.000000383. The summed E-state index contributed by atoms with van der Waals surface area (Å²) in [5.74, 6) is -0.271. The average molecular weight is 310 g/mol. The predicted octanol–water partition coefficient (Wildman–Crippen LogP) is 1.95. The number of aliphatic hydroxyl groups is 1. The summed E-state index contributed by atoms with van der Waals surface area (Å²) in [5.41, 5.74) is 1.15.